The number of aromatic nitrogens is 1. The maximum atomic E-state index is 11.2. The lowest BCUT2D eigenvalue weighted by atomic mass is 10.3. The third-order valence-electron chi connectivity index (χ3n) is 2.79. The molecular weight excluding hydrogens is 278 g/mol. The first kappa shape index (κ1) is 12.4. The average Bonchev–Trinajstić information content (AvgIpc) is 3.02. The number of fused-ring (bicyclic) bond motifs is 1. The van der Waals surface area contributed by atoms with Gasteiger partial charge in [0.1, 0.15) is 10.1 Å². The molecule has 19 heavy (non-hydrogen) atoms. The minimum atomic E-state index is -0.0775. The summed E-state index contributed by atoms with van der Waals surface area (Å²) in [6.07, 6.45) is 1.76. The SMILES string of the molecule is C=CN(C)c1ccc2nc(C3=NC(=O)CS3)sc2c1. The van der Waals surface area contributed by atoms with E-state index in [0.717, 1.165) is 26.0 Å². The molecule has 0 N–H and O–H groups in total. The standard InChI is InChI=1S/C13H11N3OS2/c1-3-16(2)8-4-5-9-10(6-8)19-13(14-9)12-15-11(17)7-18-12/h3-6H,1,7H2,2H3. The van der Waals surface area contributed by atoms with Gasteiger partial charge < -0.3 is 4.90 Å². The molecule has 0 radical (unpaired) electrons. The molecule has 0 fully saturated rings. The number of aliphatic imine (C=N–C) groups is 1. The first-order valence-corrected chi connectivity index (χ1v) is 7.48. The number of hydrogen-bond donors (Lipinski definition) is 0. The smallest absolute Gasteiger partial charge is 0.257 e. The van der Waals surface area contributed by atoms with Crippen molar-refractivity contribution in [3.05, 3.63) is 36.0 Å². The summed E-state index contributed by atoms with van der Waals surface area (Å²) in [6.45, 7) is 3.75. The second-order valence-corrected chi connectivity index (χ2v) is 6.06. The predicted molar refractivity (Wildman–Crippen MR) is 82.2 cm³/mol. The number of carbonyl (C=O) groups excluding carboxylic acids is 1. The topological polar surface area (TPSA) is 45.6 Å². The van der Waals surface area contributed by atoms with Gasteiger partial charge in [0, 0.05) is 12.7 Å². The highest BCUT2D eigenvalue weighted by molar-refractivity contribution is 8.15. The van der Waals surface area contributed by atoms with E-state index in [-0.39, 0.29) is 5.91 Å². The zero-order valence-corrected chi connectivity index (χ0v) is 11.9. The van der Waals surface area contributed by atoms with Crippen LogP contribution in [0.5, 0.6) is 0 Å². The van der Waals surface area contributed by atoms with Crippen molar-refractivity contribution in [1.29, 1.82) is 0 Å². The highest BCUT2D eigenvalue weighted by Crippen LogP contribution is 2.30. The van der Waals surface area contributed by atoms with E-state index in [0.29, 0.717) is 5.75 Å². The Labute approximate surface area is 118 Å². The minimum absolute atomic E-state index is 0.0775. The summed E-state index contributed by atoms with van der Waals surface area (Å²) in [5.41, 5.74) is 2.00. The minimum Gasteiger partial charge on any atom is -0.352 e. The van der Waals surface area contributed by atoms with Crippen molar-refractivity contribution in [1.82, 2.24) is 4.98 Å². The molecule has 96 valence electrons. The summed E-state index contributed by atoms with van der Waals surface area (Å²) in [5.74, 6) is 0.349. The van der Waals surface area contributed by atoms with Gasteiger partial charge >= 0.3 is 0 Å². The van der Waals surface area contributed by atoms with E-state index in [4.69, 9.17) is 0 Å². The van der Waals surface area contributed by atoms with Crippen LogP contribution < -0.4 is 4.90 Å². The number of amides is 1. The Morgan fingerprint density at radius 1 is 1.47 bits per heavy atom. The number of rotatable bonds is 3. The summed E-state index contributed by atoms with van der Waals surface area (Å²) in [4.78, 5) is 21.6. The largest absolute Gasteiger partial charge is 0.352 e. The number of thioether (sulfide) groups is 1. The molecule has 0 bridgehead atoms. The number of thiazole rings is 1. The molecule has 0 spiro atoms. The first-order chi connectivity index (χ1) is 9.17. The monoisotopic (exact) mass is 289 g/mol. The molecule has 0 aliphatic carbocycles. The van der Waals surface area contributed by atoms with Gasteiger partial charge in [-0.15, -0.1) is 11.3 Å². The molecule has 4 nitrogen and oxygen atoms in total. The van der Waals surface area contributed by atoms with Crippen LogP contribution in [0.3, 0.4) is 0 Å². The molecule has 1 aromatic carbocycles. The van der Waals surface area contributed by atoms with Gasteiger partial charge in [-0.3, -0.25) is 4.79 Å². The zero-order valence-electron chi connectivity index (χ0n) is 10.3. The van der Waals surface area contributed by atoms with Crippen LogP contribution in [0.1, 0.15) is 5.01 Å². The Kier molecular flexibility index (Phi) is 3.12. The molecule has 6 heteroatoms. The van der Waals surface area contributed by atoms with Crippen LogP contribution >= 0.6 is 23.1 Å². The lowest BCUT2D eigenvalue weighted by Crippen LogP contribution is -2.06. The van der Waals surface area contributed by atoms with Gasteiger partial charge in [-0.05, 0) is 24.4 Å². The molecule has 0 saturated heterocycles. The molecule has 1 aliphatic heterocycles. The number of carbonyl (C=O) groups is 1. The van der Waals surface area contributed by atoms with Crippen molar-refractivity contribution in [2.45, 2.75) is 0 Å². The van der Waals surface area contributed by atoms with Crippen LogP contribution in [-0.2, 0) is 4.79 Å². The van der Waals surface area contributed by atoms with Gasteiger partial charge in [-0.1, -0.05) is 18.3 Å². The second-order valence-electron chi connectivity index (χ2n) is 4.06. The fourth-order valence-corrected chi connectivity index (χ4v) is 3.59. The van der Waals surface area contributed by atoms with Gasteiger partial charge in [0.2, 0.25) is 0 Å². The van der Waals surface area contributed by atoms with Crippen LogP contribution in [0, 0.1) is 0 Å². The molecule has 1 aromatic heterocycles. The van der Waals surface area contributed by atoms with E-state index < -0.39 is 0 Å². The summed E-state index contributed by atoms with van der Waals surface area (Å²) >= 11 is 3.02. The molecule has 0 saturated carbocycles. The van der Waals surface area contributed by atoms with E-state index in [1.165, 1.54) is 11.8 Å². The van der Waals surface area contributed by atoms with Crippen LogP contribution in [0.2, 0.25) is 0 Å². The van der Waals surface area contributed by atoms with E-state index in [9.17, 15) is 4.79 Å². The number of benzene rings is 1. The Hall–Kier alpha value is -1.66. The highest BCUT2D eigenvalue weighted by atomic mass is 32.2. The maximum absolute atomic E-state index is 11.2. The Morgan fingerprint density at radius 2 is 2.32 bits per heavy atom. The molecule has 0 atom stereocenters. The van der Waals surface area contributed by atoms with Crippen LogP contribution in [0.4, 0.5) is 5.69 Å². The van der Waals surface area contributed by atoms with Crippen LogP contribution in [-0.4, -0.2) is 28.7 Å². The third-order valence-corrected chi connectivity index (χ3v) is 4.90. The fraction of sp³-hybridized carbons (Fsp3) is 0.154. The molecule has 2 aromatic rings. The number of anilines is 1. The van der Waals surface area contributed by atoms with Crippen LogP contribution in [0.15, 0.2) is 36.0 Å². The quantitative estimate of drug-likeness (QED) is 0.871. The lowest BCUT2D eigenvalue weighted by molar-refractivity contribution is -0.115. The summed E-state index contributed by atoms with van der Waals surface area (Å²) in [6, 6.07) is 6.05. The van der Waals surface area contributed by atoms with Crippen molar-refractivity contribution in [2.24, 2.45) is 4.99 Å². The van der Waals surface area contributed by atoms with Crippen molar-refractivity contribution < 1.29 is 4.79 Å². The van der Waals surface area contributed by atoms with Gasteiger partial charge in [-0.2, -0.15) is 0 Å². The summed E-state index contributed by atoms with van der Waals surface area (Å²) in [5, 5.41) is 1.56. The van der Waals surface area contributed by atoms with Crippen molar-refractivity contribution in [3.63, 3.8) is 0 Å². The fourth-order valence-electron chi connectivity index (χ4n) is 1.75. The summed E-state index contributed by atoms with van der Waals surface area (Å²) < 4.78 is 1.09. The summed E-state index contributed by atoms with van der Waals surface area (Å²) in [7, 11) is 1.95. The lowest BCUT2D eigenvalue weighted by Gasteiger charge is -2.12. The first-order valence-electron chi connectivity index (χ1n) is 5.68. The second kappa shape index (κ2) is 4.79. The van der Waals surface area contributed by atoms with Crippen LogP contribution in [0.25, 0.3) is 10.2 Å². The zero-order chi connectivity index (χ0) is 13.4. The predicted octanol–water partition coefficient (Wildman–Crippen LogP) is 2.90. The molecule has 0 unspecified atom stereocenters. The average molecular weight is 289 g/mol. The van der Waals surface area contributed by atoms with Gasteiger partial charge in [-0.25, -0.2) is 9.98 Å². The number of hydrogen-bond acceptors (Lipinski definition) is 5. The van der Waals surface area contributed by atoms with Gasteiger partial charge in [0.15, 0.2) is 0 Å². The third kappa shape index (κ3) is 2.29. The Bertz CT molecular complexity index is 705. The van der Waals surface area contributed by atoms with Crippen molar-refractivity contribution >= 4 is 50.0 Å². The Balaban J connectivity index is 2.04. The normalized spacial score (nSPS) is 14.8. The molecule has 3 rings (SSSR count). The molecule has 2 heterocycles. The van der Waals surface area contributed by atoms with Gasteiger partial charge in [0.05, 0.1) is 16.0 Å². The van der Waals surface area contributed by atoms with Crippen molar-refractivity contribution in [3.8, 4) is 0 Å². The van der Waals surface area contributed by atoms with E-state index in [1.54, 1.807) is 17.5 Å². The Morgan fingerprint density at radius 3 is 3.00 bits per heavy atom. The highest BCUT2D eigenvalue weighted by Gasteiger charge is 2.19. The van der Waals surface area contributed by atoms with E-state index in [2.05, 4.69) is 22.6 Å². The molecule has 1 aliphatic rings. The maximum Gasteiger partial charge on any atom is 0.257 e. The molecule has 1 amide bonds. The van der Waals surface area contributed by atoms with E-state index >= 15 is 0 Å². The number of nitrogens with zero attached hydrogens (tertiary/aromatic N) is 3. The van der Waals surface area contributed by atoms with Crippen molar-refractivity contribution in [2.75, 3.05) is 17.7 Å². The molecular formula is C13H11N3OS2. The van der Waals surface area contributed by atoms with Gasteiger partial charge in [0.25, 0.3) is 5.91 Å². The van der Waals surface area contributed by atoms with E-state index in [1.807, 2.05) is 24.1 Å².